The third kappa shape index (κ3) is 1.99. The molecule has 20 heavy (non-hydrogen) atoms. The lowest BCUT2D eigenvalue weighted by Gasteiger charge is -2.14. The van der Waals surface area contributed by atoms with E-state index >= 15 is 0 Å². The summed E-state index contributed by atoms with van der Waals surface area (Å²) in [5.41, 5.74) is 0.234. The standard InChI is InChI=1S/C14H12B2O4/c17-15(18)12-8-7-10-6-5-9-3-1-2-4-11(9)13(10)14(12)16(19)20/h1-8,17-20H. The summed E-state index contributed by atoms with van der Waals surface area (Å²) in [7, 11) is -3.53. The fourth-order valence-corrected chi connectivity index (χ4v) is 2.64. The number of rotatable bonds is 2. The van der Waals surface area contributed by atoms with Gasteiger partial charge in [-0.2, -0.15) is 0 Å². The molecule has 0 bridgehead atoms. The molecule has 0 spiro atoms. The van der Waals surface area contributed by atoms with Gasteiger partial charge in [0.05, 0.1) is 0 Å². The van der Waals surface area contributed by atoms with Crippen molar-refractivity contribution in [2.75, 3.05) is 0 Å². The summed E-state index contributed by atoms with van der Waals surface area (Å²) in [6.07, 6.45) is 0. The highest BCUT2D eigenvalue weighted by Crippen LogP contribution is 2.23. The number of benzene rings is 3. The van der Waals surface area contributed by atoms with Crippen molar-refractivity contribution in [3.63, 3.8) is 0 Å². The SMILES string of the molecule is OB(O)c1ccc2ccc3ccccc3c2c1B(O)O. The summed E-state index contributed by atoms with van der Waals surface area (Å²) in [6, 6.07) is 14.6. The van der Waals surface area contributed by atoms with Crippen LogP contribution in [-0.4, -0.2) is 34.3 Å². The molecule has 0 aliphatic heterocycles. The Morgan fingerprint density at radius 3 is 2.00 bits per heavy atom. The van der Waals surface area contributed by atoms with Crippen LogP contribution in [0.25, 0.3) is 21.5 Å². The summed E-state index contributed by atoms with van der Waals surface area (Å²) >= 11 is 0. The summed E-state index contributed by atoms with van der Waals surface area (Å²) in [5.74, 6) is 0. The van der Waals surface area contributed by atoms with Crippen LogP contribution >= 0.6 is 0 Å². The van der Waals surface area contributed by atoms with Crippen molar-refractivity contribution in [2.24, 2.45) is 0 Å². The van der Waals surface area contributed by atoms with Crippen LogP contribution in [0.2, 0.25) is 0 Å². The maximum absolute atomic E-state index is 9.64. The van der Waals surface area contributed by atoms with Crippen LogP contribution in [-0.2, 0) is 0 Å². The maximum Gasteiger partial charge on any atom is 0.488 e. The lowest BCUT2D eigenvalue weighted by atomic mass is 9.63. The van der Waals surface area contributed by atoms with Crippen LogP contribution in [0.15, 0.2) is 48.5 Å². The summed E-state index contributed by atoms with van der Waals surface area (Å²) in [4.78, 5) is 0. The molecule has 0 atom stereocenters. The molecule has 4 N–H and O–H groups in total. The van der Waals surface area contributed by atoms with E-state index < -0.39 is 14.2 Å². The molecule has 3 aromatic carbocycles. The molecule has 0 saturated carbocycles. The van der Waals surface area contributed by atoms with E-state index in [1.807, 2.05) is 36.4 Å². The summed E-state index contributed by atoms with van der Waals surface area (Å²) in [5, 5.41) is 41.4. The Bertz CT molecular complexity index is 787. The Kier molecular flexibility index (Phi) is 3.23. The molecule has 3 rings (SSSR count). The number of hydrogen-bond donors (Lipinski definition) is 4. The van der Waals surface area contributed by atoms with Gasteiger partial charge in [0.1, 0.15) is 0 Å². The van der Waals surface area contributed by atoms with E-state index in [9.17, 15) is 20.1 Å². The Hall–Kier alpha value is -1.85. The van der Waals surface area contributed by atoms with Gasteiger partial charge in [0, 0.05) is 0 Å². The Balaban J connectivity index is 2.53. The summed E-state index contributed by atoms with van der Waals surface area (Å²) in [6.45, 7) is 0. The zero-order valence-corrected chi connectivity index (χ0v) is 10.6. The predicted molar refractivity (Wildman–Crippen MR) is 81.1 cm³/mol. The maximum atomic E-state index is 9.64. The highest BCUT2D eigenvalue weighted by Gasteiger charge is 2.26. The smallest absolute Gasteiger partial charge is 0.423 e. The first-order valence-corrected chi connectivity index (χ1v) is 6.26. The van der Waals surface area contributed by atoms with Crippen molar-refractivity contribution < 1.29 is 20.1 Å². The normalized spacial score (nSPS) is 11.0. The van der Waals surface area contributed by atoms with Crippen LogP contribution in [0.5, 0.6) is 0 Å². The van der Waals surface area contributed by atoms with Crippen LogP contribution in [0, 0.1) is 0 Å². The third-order valence-electron chi connectivity index (χ3n) is 3.52. The van der Waals surface area contributed by atoms with E-state index in [4.69, 9.17) is 0 Å². The molecule has 0 aromatic heterocycles. The first-order chi connectivity index (χ1) is 9.59. The van der Waals surface area contributed by atoms with E-state index in [1.54, 1.807) is 6.07 Å². The largest absolute Gasteiger partial charge is 0.488 e. The van der Waals surface area contributed by atoms with Crippen molar-refractivity contribution in [2.45, 2.75) is 0 Å². The molecule has 3 aromatic rings. The van der Waals surface area contributed by atoms with Gasteiger partial charge in [-0.1, -0.05) is 48.5 Å². The second-order valence-electron chi connectivity index (χ2n) is 4.70. The molecule has 0 unspecified atom stereocenters. The third-order valence-corrected chi connectivity index (χ3v) is 3.52. The van der Waals surface area contributed by atoms with Gasteiger partial charge >= 0.3 is 14.2 Å². The summed E-state index contributed by atoms with van der Waals surface area (Å²) < 4.78 is 0. The second kappa shape index (κ2) is 4.92. The van der Waals surface area contributed by atoms with Crippen molar-refractivity contribution in [3.05, 3.63) is 48.5 Å². The fourth-order valence-electron chi connectivity index (χ4n) is 2.64. The highest BCUT2D eigenvalue weighted by atomic mass is 16.4. The van der Waals surface area contributed by atoms with Gasteiger partial charge in [-0.15, -0.1) is 0 Å². The Morgan fingerprint density at radius 2 is 1.30 bits per heavy atom. The van der Waals surface area contributed by atoms with Crippen LogP contribution in [0.4, 0.5) is 0 Å². The quantitative estimate of drug-likeness (QED) is 0.367. The van der Waals surface area contributed by atoms with Crippen molar-refractivity contribution in [1.82, 2.24) is 0 Å². The fraction of sp³-hybridized carbons (Fsp3) is 0. The minimum absolute atomic E-state index is 0.101. The van der Waals surface area contributed by atoms with Crippen molar-refractivity contribution in [1.29, 1.82) is 0 Å². The van der Waals surface area contributed by atoms with Gasteiger partial charge in [-0.05, 0) is 32.5 Å². The molecule has 0 amide bonds. The molecule has 0 heterocycles. The second-order valence-corrected chi connectivity index (χ2v) is 4.70. The first-order valence-electron chi connectivity index (χ1n) is 6.26. The van der Waals surface area contributed by atoms with Gasteiger partial charge < -0.3 is 20.1 Å². The van der Waals surface area contributed by atoms with Gasteiger partial charge in [-0.3, -0.25) is 0 Å². The molecule has 0 aliphatic rings. The van der Waals surface area contributed by atoms with Crippen LogP contribution in [0.3, 0.4) is 0 Å². The highest BCUT2D eigenvalue weighted by molar-refractivity contribution is 6.74. The van der Waals surface area contributed by atoms with E-state index in [0.717, 1.165) is 16.2 Å². The van der Waals surface area contributed by atoms with E-state index in [2.05, 4.69) is 0 Å². The average Bonchev–Trinajstić information content (AvgIpc) is 2.45. The van der Waals surface area contributed by atoms with E-state index in [-0.39, 0.29) is 10.9 Å². The zero-order valence-electron chi connectivity index (χ0n) is 10.6. The van der Waals surface area contributed by atoms with E-state index in [0.29, 0.717) is 5.39 Å². The number of fused-ring (bicyclic) bond motifs is 3. The zero-order chi connectivity index (χ0) is 14.3. The van der Waals surface area contributed by atoms with Gasteiger partial charge in [-0.25, -0.2) is 0 Å². The topological polar surface area (TPSA) is 80.9 Å². The molecule has 6 heteroatoms. The minimum Gasteiger partial charge on any atom is -0.423 e. The molecular formula is C14H12B2O4. The lowest BCUT2D eigenvalue weighted by molar-refractivity contribution is 0.419. The first kappa shape index (κ1) is 13.1. The number of hydrogen-bond acceptors (Lipinski definition) is 4. The van der Waals surface area contributed by atoms with Crippen molar-refractivity contribution >= 4 is 46.7 Å². The van der Waals surface area contributed by atoms with Gasteiger partial charge in [0.25, 0.3) is 0 Å². The molecular weight excluding hydrogens is 254 g/mol. The lowest BCUT2D eigenvalue weighted by Crippen LogP contribution is -2.49. The van der Waals surface area contributed by atoms with Crippen molar-refractivity contribution in [3.8, 4) is 0 Å². The predicted octanol–water partition coefficient (Wildman–Crippen LogP) is -0.647. The Morgan fingerprint density at radius 1 is 0.650 bits per heavy atom. The molecule has 4 nitrogen and oxygen atoms in total. The molecule has 0 saturated heterocycles. The molecule has 0 radical (unpaired) electrons. The minimum atomic E-state index is -1.78. The monoisotopic (exact) mass is 266 g/mol. The van der Waals surface area contributed by atoms with Gasteiger partial charge in [0.2, 0.25) is 0 Å². The van der Waals surface area contributed by atoms with E-state index in [1.165, 1.54) is 6.07 Å². The van der Waals surface area contributed by atoms with Crippen LogP contribution in [0.1, 0.15) is 0 Å². The average molecular weight is 266 g/mol. The van der Waals surface area contributed by atoms with Crippen LogP contribution < -0.4 is 10.9 Å². The Labute approximate surface area is 116 Å². The molecule has 0 aliphatic carbocycles. The molecule has 98 valence electrons. The van der Waals surface area contributed by atoms with Gasteiger partial charge in [0.15, 0.2) is 0 Å². The molecule has 0 fully saturated rings.